The van der Waals surface area contributed by atoms with Crippen LogP contribution < -0.4 is 10.3 Å². The molecule has 0 unspecified atom stereocenters. The number of ether oxygens (including phenoxy) is 1. The number of unbranched alkanes of at least 4 members (excludes halogenated alkanes) is 1. The number of aromatic nitrogens is 3. The van der Waals surface area contributed by atoms with Gasteiger partial charge in [-0.25, -0.2) is 4.98 Å². The molecule has 0 bridgehead atoms. The Balaban J connectivity index is 1.25. The molecule has 6 aromatic rings. The van der Waals surface area contributed by atoms with E-state index in [1.165, 1.54) is 15.4 Å². The third-order valence-corrected chi connectivity index (χ3v) is 8.27. The number of fused-ring (bicyclic) bond motifs is 2. The highest BCUT2D eigenvalue weighted by Crippen LogP contribution is 2.25. The van der Waals surface area contributed by atoms with Gasteiger partial charge in [0, 0.05) is 33.5 Å². The van der Waals surface area contributed by atoms with Crippen molar-refractivity contribution in [1.29, 1.82) is 0 Å². The molecule has 0 spiro atoms. The zero-order chi connectivity index (χ0) is 29.9. The second-order valence-electron chi connectivity index (χ2n) is 10.7. The van der Waals surface area contributed by atoms with E-state index in [-0.39, 0.29) is 5.56 Å². The smallest absolute Gasteiger partial charge is 0.282 e. The summed E-state index contributed by atoms with van der Waals surface area (Å²) in [5.74, 6) is 1.49. The van der Waals surface area contributed by atoms with E-state index in [1.807, 2.05) is 30.3 Å². The average molecular weight is 634 g/mol. The summed E-state index contributed by atoms with van der Waals surface area (Å²) in [6.07, 6.45) is 4.39. The zero-order valence-corrected chi connectivity index (χ0v) is 26.1. The zero-order valence-electron chi connectivity index (χ0n) is 24.5. The monoisotopic (exact) mass is 632 g/mol. The molecule has 2 heterocycles. The minimum atomic E-state index is -0.165. The lowest BCUT2D eigenvalue weighted by molar-refractivity contribution is 0.307. The Morgan fingerprint density at radius 1 is 0.930 bits per heavy atom. The second-order valence-corrected chi connectivity index (χ2v) is 11.7. The molecule has 0 radical (unpaired) electrons. The van der Waals surface area contributed by atoms with Gasteiger partial charge >= 0.3 is 0 Å². The molecule has 4 aromatic carbocycles. The molecule has 0 atom stereocenters. The highest BCUT2D eigenvalue weighted by molar-refractivity contribution is 9.10. The maximum absolute atomic E-state index is 13.5. The van der Waals surface area contributed by atoms with Crippen molar-refractivity contribution in [3.8, 4) is 11.4 Å². The summed E-state index contributed by atoms with van der Waals surface area (Å²) in [5.41, 5.74) is 5.76. The van der Waals surface area contributed by atoms with Crippen LogP contribution in [0.15, 0.2) is 105 Å². The van der Waals surface area contributed by atoms with Crippen LogP contribution >= 0.6 is 15.9 Å². The number of benzene rings is 4. The summed E-state index contributed by atoms with van der Waals surface area (Å²) in [7, 11) is 0. The number of rotatable bonds is 9. The molecule has 0 aliphatic carbocycles. The minimum Gasteiger partial charge on any atom is -0.489 e. The van der Waals surface area contributed by atoms with Crippen molar-refractivity contribution in [2.45, 2.75) is 46.6 Å². The molecular formula is C36H33BrN4O2. The van der Waals surface area contributed by atoms with E-state index in [4.69, 9.17) is 9.72 Å². The Labute approximate surface area is 259 Å². The van der Waals surface area contributed by atoms with Gasteiger partial charge in [-0.1, -0.05) is 71.7 Å². The first-order valence-electron chi connectivity index (χ1n) is 14.6. The fourth-order valence-electron chi connectivity index (χ4n) is 5.52. The van der Waals surface area contributed by atoms with Crippen molar-refractivity contribution in [3.05, 3.63) is 134 Å². The topological polar surface area (TPSA) is 61.4 Å². The Morgan fingerprint density at radius 2 is 1.72 bits per heavy atom. The molecular weight excluding hydrogens is 600 g/mol. The first kappa shape index (κ1) is 28.6. The van der Waals surface area contributed by atoms with Gasteiger partial charge in [-0.05, 0) is 85.1 Å². The third kappa shape index (κ3) is 5.90. The number of nitrogens with zero attached hydrogens (tertiary/aromatic N) is 4. The van der Waals surface area contributed by atoms with E-state index in [0.717, 1.165) is 51.3 Å². The highest BCUT2D eigenvalue weighted by Gasteiger charge is 2.13. The summed E-state index contributed by atoms with van der Waals surface area (Å²) in [6.45, 7) is 6.77. The Kier molecular flexibility index (Phi) is 8.25. The molecule has 43 heavy (non-hydrogen) atoms. The summed E-state index contributed by atoms with van der Waals surface area (Å²) in [4.78, 5) is 18.3. The quantitative estimate of drug-likeness (QED) is 0.150. The van der Waals surface area contributed by atoms with E-state index < -0.39 is 0 Å². The van der Waals surface area contributed by atoms with Gasteiger partial charge in [0.15, 0.2) is 0 Å². The molecule has 7 heteroatoms. The van der Waals surface area contributed by atoms with Gasteiger partial charge in [0.1, 0.15) is 18.2 Å². The molecule has 2 aromatic heterocycles. The molecule has 216 valence electrons. The first-order chi connectivity index (χ1) is 20.9. The standard InChI is InChI=1S/C36H33BrN4O2/c1-4-5-13-35-39-34-19-14-29(37)21-33(34)36(42)41(35)38-22-28-20-24(2)40(25(28)3)30-15-17-31(18-16-30)43-23-27-11-8-10-26-9-6-7-12-32(26)27/h6-12,14-22H,4-5,13,23H2,1-3H3. The van der Waals surface area contributed by atoms with Crippen molar-refractivity contribution in [2.75, 3.05) is 0 Å². The summed E-state index contributed by atoms with van der Waals surface area (Å²) in [6, 6.07) is 30.5. The van der Waals surface area contributed by atoms with Crippen molar-refractivity contribution >= 4 is 43.8 Å². The van der Waals surface area contributed by atoms with Crippen LogP contribution in [0.1, 0.15) is 48.1 Å². The lowest BCUT2D eigenvalue weighted by Crippen LogP contribution is -2.22. The molecule has 0 saturated carbocycles. The number of halogens is 1. The van der Waals surface area contributed by atoms with Crippen LogP contribution in [0.5, 0.6) is 5.75 Å². The minimum absolute atomic E-state index is 0.165. The molecule has 0 fully saturated rings. The average Bonchev–Trinajstić information content (AvgIpc) is 3.31. The van der Waals surface area contributed by atoms with Crippen molar-refractivity contribution in [3.63, 3.8) is 0 Å². The fourth-order valence-corrected chi connectivity index (χ4v) is 5.88. The van der Waals surface area contributed by atoms with Gasteiger partial charge in [0.2, 0.25) is 0 Å². The maximum atomic E-state index is 13.5. The van der Waals surface area contributed by atoms with Crippen LogP contribution in [0.25, 0.3) is 27.4 Å². The predicted octanol–water partition coefficient (Wildman–Crippen LogP) is 8.52. The van der Waals surface area contributed by atoms with Crippen LogP contribution in [0.3, 0.4) is 0 Å². The normalized spacial score (nSPS) is 11.6. The van der Waals surface area contributed by atoms with E-state index in [9.17, 15) is 4.79 Å². The fraction of sp³-hybridized carbons (Fsp3) is 0.194. The van der Waals surface area contributed by atoms with Gasteiger partial charge in [-0.15, -0.1) is 0 Å². The van der Waals surface area contributed by atoms with Crippen LogP contribution in [0, 0.1) is 13.8 Å². The second kappa shape index (κ2) is 12.4. The summed E-state index contributed by atoms with van der Waals surface area (Å²) < 4.78 is 10.6. The van der Waals surface area contributed by atoms with E-state index >= 15 is 0 Å². The lowest BCUT2D eigenvalue weighted by atomic mass is 10.1. The molecule has 0 aliphatic rings. The summed E-state index contributed by atoms with van der Waals surface area (Å²) in [5, 5.41) is 7.64. The molecule has 0 amide bonds. The Hall–Kier alpha value is -4.49. The van der Waals surface area contributed by atoms with Gasteiger partial charge < -0.3 is 9.30 Å². The van der Waals surface area contributed by atoms with Crippen LogP contribution in [0.4, 0.5) is 0 Å². The number of hydrogen-bond acceptors (Lipinski definition) is 4. The molecule has 6 rings (SSSR count). The van der Waals surface area contributed by atoms with Gasteiger partial charge in [0.25, 0.3) is 5.56 Å². The van der Waals surface area contributed by atoms with Gasteiger partial charge in [0.05, 0.1) is 17.1 Å². The van der Waals surface area contributed by atoms with Crippen LogP contribution in [0.2, 0.25) is 0 Å². The number of hydrogen-bond donors (Lipinski definition) is 0. The SMILES string of the molecule is CCCCc1nc2ccc(Br)cc2c(=O)n1N=Cc1cc(C)n(-c2ccc(OCc3cccc4ccccc34)cc2)c1C. The summed E-state index contributed by atoms with van der Waals surface area (Å²) >= 11 is 3.48. The van der Waals surface area contributed by atoms with Gasteiger partial charge in [-0.2, -0.15) is 9.78 Å². The van der Waals surface area contributed by atoms with E-state index in [2.05, 4.69) is 107 Å². The largest absolute Gasteiger partial charge is 0.489 e. The first-order valence-corrected chi connectivity index (χ1v) is 15.4. The van der Waals surface area contributed by atoms with E-state index in [0.29, 0.717) is 29.8 Å². The molecule has 0 aliphatic heterocycles. The maximum Gasteiger partial charge on any atom is 0.282 e. The lowest BCUT2D eigenvalue weighted by Gasteiger charge is -2.12. The highest BCUT2D eigenvalue weighted by atomic mass is 79.9. The Morgan fingerprint density at radius 3 is 2.53 bits per heavy atom. The van der Waals surface area contributed by atoms with E-state index in [1.54, 1.807) is 6.21 Å². The predicted molar refractivity (Wildman–Crippen MR) is 179 cm³/mol. The third-order valence-electron chi connectivity index (χ3n) is 7.78. The van der Waals surface area contributed by atoms with Crippen molar-refractivity contribution < 1.29 is 4.74 Å². The van der Waals surface area contributed by atoms with Crippen LogP contribution in [-0.4, -0.2) is 20.4 Å². The van der Waals surface area contributed by atoms with Crippen molar-refractivity contribution in [1.82, 2.24) is 14.2 Å². The molecule has 0 saturated heterocycles. The molecule has 6 nitrogen and oxygen atoms in total. The molecule has 0 N–H and O–H groups in total. The van der Waals surface area contributed by atoms with Crippen LogP contribution in [-0.2, 0) is 13.0 Å². The van der Waals surface area contributed by atoms with Crippen molar-refractivity contribution in [2.24, 2.45) is 5.10 Å². The Bertz CT molecular complexity index is 2020. The van der Waals surface area contributed by atoms with Gasteiger partial charge in [-0.3, -0.25) is 4.79 Å². The number of aryl methyl sites for hydroxylation is 2.